The van der Waals surface area contributed by atoms with Crippen molar-refractivity contribution < 1.29 is 2.74 Å². The van der Waals surface area contributed by atoms with Crippen LogP contribution in [0.15, 0.2) is 36.4 Å². The summed E-state index contributed by atoms with van der Waals surface area (Å²) in [4.78, 5) is 0. The van der Waals surface area contributed by atoms with Crippen molar-refractivity contribution >= 4 is 0 Å². The van der Waals surface area contributed by atoms with Gasteiger partial charge in [-0.3, -0.25) is 0 Å². The Morgan fingerprint density at radius 1 is 0.750 bits per heavy atom. The quantitative estimate of drug-likeness (QED) is 0.620. The van der Waals surface area contributed by atoms with Crippen LogP contribution < -0.4 is 0 Å². The second-order valence-corrected chi connectivity index (χ2v) is 6.03. The molecule has 0 aliphatic carbocycles. The molecule has 2 aromatic carbocycles. The molecule has 0 saturated carbocycles. The highest BCUT2D eigenvalue weighted by atomic mass is 14.2. The molecule has 2 rings (SSSR count). The van der Waals surface area contributed by atoms with E-state index in [9.17, 15) is 0 Å². The molecule has 0 heterocycles. The van der Waals surface area contributed by atoms with Gasteiger partial charge in [0.25, 0.3) is 0 Å². The van der Waals surface area contributed by atoms with E-state index in [1.54, 1.807) is 0 Å². The van der Waals surface area contributed by atoms with Crippen LogP contribution in [0.2, 0.25) is 0 Å². The lowest BCUT2D eigenvalue weighted by molar-refractivity contribution is 0.789. The molecule has 0 bridgehead atoms. The lowest BCUT2D eigenvalue weighted by Gasteiger charge is -2.20. The minimum absolute atomic E-state index is 0.706. The maximum Gasteiger partial charge on any atom is 0.0347 e. The van der Waals surface area contributed by atoms with Crippen LogP contribution in [-0.2, 0) is 0 Å². The molecule has 20 heavy (non-hydrogen) atoms. The van der Waals surface area contributed by atoms with E-state index < -0.39 is 11.8 Å². The van der Waals surface area contributed by atoms with E-state index in [1.807, 2.05) is 33.8 Å². The summed E-state index contributed by atoms with van der Waals surface area (Å²) in [6.45, 7) is 11.8. The van der Waals surface area contributed by atoms with Gasteiger partial charge >= 0.3 is 0 Å². The van der Waals surface area contributed by atoms with Crippen LogP contribution in [0.4, 0.5) is 0 Å². The Balaban J connectivity index is 2.77. The third-order valence-electron chi connectivity index (χ3n) is 3.88. The fourth-order valence-corrected chi connectivity index (χ4v) is 2.70. The molecule has 0 spiro atoms. The SMILES string of the molecule is [2H]C(C)(C)c1cc(C)c(-c2ccccc2C)cc1C([2H])(C)C. The highest BCUT2D eigenvalue weighted by Crippen LogP contribution is 2.34. The zero-order chi connectivity index (χ0) is 16.7. The third-order valence-corrected chi connectivity index (χ3v) is 3.88. The average molecular weight is 268 g/mol. The van der Waals surface area contributed by atoms with E-state index in [4.69, 9.17) is 2.74 Å². The van der Waals surface area contributed by atoms with Crippen molar-refractivity contribution in [2.24, 2.45) is 0 Å². The van der Waals surface area contributed by atoms with Crippen molar-refractivity contribution in [3.05, 3.63) is 58.7 Å². The summed E-state index contributed by atoms with van der Waals surface area (Å²) in [7, 11) is 0. The van der Waals surface area contributed by atoms with Gasteiger partial charge < -0.3 is 0 Å². The van der Waals surface area contributed by atoms with E-state index in [-0.39, 0.29) is 0 Å². The largest absolute Gasteiger partial charge is 0.0620 e. The molecule has 0 heteroatoms. The lowest BCUT2D eigenvalue weighted by atomic mass is 9.85. The minimum Gasteiger partial charge on any atom is -0.0620 e. The average Bonchev–Trinajstić information content (AvgIpc) is 2.37. The second kappa shape index (κ2) is 5.83. The first kappa shape index (κ1) is 12.2. The predicted molar refractivity (Wildman–Crippen MR) is 89.5 cm³/mol. The molecule has 0 aromatic heterocycles. The number of benzene rings is 2. The molecule has 0 aliphatic heterocycles. The van der Waals surface area contributed by atoms with Crippen molar-refractivity contribution in [2.75, 3.05) is 0 Å². The van der Waals surface area contributed by atoms with Crippen LogP contribution in [0.25, 0.3) is 11.1 Å². The van der Waals surface area contributed by atoms with Gasteiger partial charge in [-0.2, -0.15) is 0 Å². The Bertz CT molecular complexity index is 686. The highest BCUT2D eigenvalue weighted by molar-refractivity contribution is 5.72. The molecule has 0 atom stereocenters. The normalized spacial score (nSPS) is 13.9. The van der Waals surface area contributed by atoms with Crippen LogP contribution in [-0.4, -0.2) is 0 Å². The molecule has 0 nitrogen and oxygen atoms in total. The molecule has 0 N–H and O–H groups in total. The first-order chi connectivity index (χ1) is 10.0. The Hall–Kier alpha value is -1.56. The van der Waals surface area contributed by atoms with Gasteiger partial charge in [0.1, 0.15) is 0 Å². The maximum atomic E-state index is 8.49. The van der Waals surface area contributed by atoms with Crippen LogP contribution in [0, 0.1) is 13.8 Å². The molecular formula is C20H26. The maximum absolute atomic E-state index is 8.49. The third kappa shape index (κ3) is 2.80. The zero-order valence-corrected chi connectivity index (χ0v) is 13.5. The first-order valence-electron chi connectivity index (χ1n) is 8.23. The second-order valence-electron chi connectivity index (χ2n) is 6.03. The smallest absolute Gasteiger partial charge is 0.0347 e. The molecule has 0 amide bonds. The van der Waals surface area contributed by atoms with Gasteiger partial charge in [0.2, 0.25) is 0 Å². The van der Waals surface area contributed by atoms with Crippen LogP contribution in [0.5, 0.6) is 0 Å². The van der Waals surface area contributed by atoms with Gasteiger partial charge in [0.05, 0.1) is 0 Å². The van der Waals surface area contributed by atoms with Gasteiger partial charge in [-0.15, -0.1) is 0 Å². The van der Waals surface area contributed by atoms with Gasteiger partial charge in [-0.25, -0.2) is 0 Å². The predicted octanol–water partition coefficient (Wildman–Crippen LogP) is 6.22. The lowest BCUT2D eigenvalue weighted by Crippen LogP contribution is -2.01. The van der Waals surface area contributed by atoms with Gasteiger partial charge in [0.15, 0.2) is 0 Å². The monoisotopic (exact) mass is 268 g/mol. The molecule has 0 radical (unpaired) electrons. The highest BCUT2D eigenvalue weighted by Gasteiger charge is 2.14. The zero-order valence-electron chi connectivity index (χ0n) is 15.5. The summed E-state index contributed by atoms with van der Waals surface area (Å²) in [5.74, 6) is -1.43. The van der Waals surface area contributed by atoms with Crippen molar-refractivity contribution in [3.63, 3.8) is 0 Å². The van der Waals surface area contributed by atoms with Gasteiger partial charge in [0, 0.05) is 2.74 Å². The Labute approximate surface area is 126 Å². The van der Waals surface area contributed by atoms with E-state index >= 15 is 0 Å². The Morgan fingerprint density at radius 3 is 1.85 bits per heavy atom. The van der Waals surface area contributed by atoms with Crippen LogP contribution in [0.3, 0.4) is 0 Å². The van der Waals surface area contributed by atoms with Crippen molar-refractivity contribution in [1.82, 2.24) is 0 Å². The summed E-state index contributed by atoms with van der Waals surface area (Å²) < 4.78 is 16.9. The Kier molecular flexibility index (Phi) is 3.56. The molecule has 0 aliphatic rings. The van der Waals surface area contributed by atoms with E-state index in [0.29, 0.717) is 0 Å². The molecule has 106 valence electrons. The summed E-state index contributed by atoms with van der Waals surface area (Å²) in [6, 6.07) is 12.6. The fourth-order valence-electron chi connectivity index (χ4n) is 2.70. The number of hydrogen-bond donors (Lipinski definition) is 0. The molecule has 0 unspecified atom stereocenters. The van der Waals surface area contributed by atoms with Gasteiger partial charge in [-0.05, 0) is 59.0 Å². The van der Waals surface area contributed by atoms with Gasteiger partial charge in [-0.1, -0.05) is 64.1 Å². The summed E-state index contributed by atoms with van der Waals surface area (Å²) in [5.41, 5.74) is 6.66. The summed E-state index contributed by atoms with van der Waals surface area (Å²) in [5, 5.41) is 0. The van der Waals surface area contributed by atoms with E-state index in [0.717, 1.165) is 16.7 Å². The van der Waals surface area contributed by atoms with Crippen molar-refractivity contribution in [1.29, 1.82) is 0 Å². The minimum atomic E-state index is -0.723. The topological polar surface area (TPSA) is 0 Å². The first-order valence-corrected chi connectivity index (χ1v) is 7.23. The number of rotatable bonds is 3. The van der Waals surface area contributed by atoms with Crippen LogP contribution in [0.1, 0.15) is 64.5 Å². The van der Waals surface area contributed by atoms with E-state index in [1.165, 1.54) is 16.7 Å². The van der Waals surface area contributed by atoms with E-state index in [2.05, 4.69) is 44.2 Å². The van der Waals surface area contributed by atoms with Crippen molar-refractivity contribution in [3.8, 4) is 11.1 Å². The van der Waals surface area contributed by atoms with Crippen molar-refractivity contribution in [2.45, 2.75) is 53.3 Å². The molecular weight excluding hydrogens is 240 g/mol. The standard InChI is InChI=1S/C20H26/c1-13(2)18-11-16(6)20(12-19(18)14(3)4)17-10-8-7-9-15(17)5/h7-14H,1-6H3/i13D,14D. The number of aryl methyl sites for hydroxylation is 2. The molecule has 0 fully saturated rings. The molecule has 2 aromatic rings. The summed E-state index contributed by atoms with van der Waals surface area (Å²) >= 11 is 0. The Morgan fingerprint density at radius 2 is 1.30 bits per heavy atom. The van der Waals surface area contributed by atoms with Crippen LogP contribution >= 0.6 is 0 Å². The fraction of sp³-hybridized carbons (Fsp3) is 0.400. The molecule has 0 saturated heterocycles. The number of hydrogen-bond acceptors (Lipinski definition) is 0. The summed E-state index contributed by atoms with van der Waals surface area (Å²) in [6.07, 6.45) is 0.